The lowest BCUT2D eigenvalue weighted by Crippen LogP contribution is -1.93. The van der Waals surface area contributed by atoms with E-state index in [-0.39, 0.29) is 0 Å². The molecule has 0 unspecified atom stereocenters. The Labute approximate surface area is 108 Å². The summed E-state index contributed by atoms with van der Waals surface area (Å²) in [5.74, 6) is 1.74. The average Bonchev–Trinajstić information content (AvgIpc) is 2.74. The SMILES string of the molecule is Cc1cc(Br)nc(-c2ccc3c(c2)CCO3)n1. The highest BCUT2D eigenvalue weighted by Gasteiger charge is 2.13. The van der Waals surface area contributed by atoms with Crippen molar-refractivity contribution in [1.82, 2.24) is 9.97 Å². The summed E-state index contributed by atoms with van der Waals surface area (Å²) in [6, 6.07) is 8.02. The molecule has 2 heterocycles. The minimum absolute atomic E-state index is 0.756. The molecule has 0 amide bonds. The molecule has 0 fully saturated rings. The van der Waals surface area contributed by atoms with E-state index in [9.17, 15) is 0 Å². The van der Waals surface area contributed by atoms with Crippen molar-refractivity contribution in [2.75, 3.05) is 6.61 Å². The van der Waals surface area contributed by atoms with Crippen molar-refractivity contribution in [3.05, 3.63) is 40.1 Å². The van der Waals surface area contributed by atoms with Gasteiger partial charge in [-0.15, -0.1) is 0 Å². The van der Waals surface area contributed by atoms with Gasteiger partial charge < -0.3 is 4.74 Å². The Balaban J connectivity index is 2.09. The Morgan fingerprint density at radius 2 is 2.12 bits per heavy atom. The molecular formula is C13H11BrN2O. The number of benzene rings is 1. The van der Waals surface area contributed by atoms with Gasteiger partial charge in [-0.25, -0.2) is 9.97 Å². The van der Waals surface area contributed by atoms with Crippen LogP contribution in [-0.2, 0) is 6.42 Å². The predicted molar refractivity (Wildman–Crippen MR) is 69.1 cm³/mol. The fraction of sp³-hybridized carbons (Fsp3) is 0.231. The van der Waals surface area contributed by atoms with Gasteiger partial charge in [-0.2, -0.15) is 0 Å². The molecule has 1 aromatic carbocycles. The second-order valence-electron chi connectivity index (χ2n) is 4.08. The van der Waals surface area contributed by atoms with Crippen LogP contribution in [0, 0.1) is 6.92 Å². The molecule has 3 rings (SSSR count). The van der Waals surface area contributed by atoms with Gasteiger partial charge in [0.2, 0.25) is 0 Å². The van der Waals surface area contributed by atoms with Gasteiger partial charge in [0.1, 0.15) is 10.4 Å². The Morgan fingerprint density at radius 3 is 2.94 bits per heavy atom. The maximum Gasteiger partial charge on any atom is 0.160 e. The molecule has 1 aromatic heterocycles. The van der Waals surface area contributed by atoms with E-state index < -0.39 is 0 Å². The highest BCUT2D eigenvalue weighted by atomic mass is 79.9. The number of fused-ring (bicyclic) bond motifs is 1. The zero-order valence-electron chi connectivity index (χ0n) is 9.40. The fourth-order valence-electron chi connectivity index (χ4n) is 1.98. The van der Waals surface area contributed by atoms with Crippen LogP contribution < -0.4 is 4.74 Å². The Morgan fingerprint density at radius 1 is 1.24 bits per heavy atom. The summed E-state index contributed by atoms with van der Waals surface area (Å²) in [7, 11) is 0. The summed E-state index contributed by atoms with van der Waals surface area (Å²) < 4.78 is 6.30. The Bertz CT molecular complexity index is 563. The predicted octanol–water partition coefficient (Wildman–Crippen LogP) is 3.15. The number of rotatable bonds is 1. The quantitative estimate of drug-likeness (QED) is 0.757. The van der Waals surface area contributed by atoms with Crippen molar-refractivity contribution in [3.63, 3.8) is 0 Å². The van der Waals surface area contributed by atoms with Gasteiger partial charge in [-0.3, -0.25) is 0 Å². The maximum atomic E-state index is 5.49. The zero-order chi connectivity index (χ0) is 11.8. The topological polar surface area (TPSA) is 35.0 Å². The largest absolute Gasteiger partial charge is 0.493 e. The van der Waals surface area contributed by atoms with Gasteiger partial charge >= 0.3 is 0 Å². The van der Waals surface area contributed by atoms with E-state index in [0.717, 1.165) is 40.5 Å². The summed E-state index contributed by atoms with van der Waals surface area (Å²) in [4.78, 5) is 8.84. The molecule has 86 valence electrons. The number of aromatic nitrogens is 2. The summed E-state index contributed by atoms with van der Waals surface area (Å²) in [5.41, 5.74) is 3.24. The first-order chi connectivity index (χ1) is 8.22. The average molecular weight is 291 g/mol. The van der Waals surface area contributed by atoms with Gasteiger partial charge in [0.15, 0.2) is 5.82 Å². The Kier molecular flexibility index (Phi) is 2.59. The number of hydrogen-bond donors (Lipinski definition) is 0. The molecule has 0 N–H and O–H groups in total. The van der Waals surface area contributed by atoms with Crippen LogP contribution in [0.3, 0.4) is 0 Å². The summed E-state index contributed by atoms with van der Waals surface area (Å²) in [5, 5.41) is 0. The van der Waals surface area contributed by atoms with Crippen LogP contribution in [0.4, 0.5) is 0 Å². The lowest BCUT2D eigenvalue weighted by Gasteiger charge is -2.04. The standard InChI is InChI=1S/C13H11BrN2O/c1-8-6-12(14)16-13(15-8)10-2-3-11-9(7-10)4-5-17-11/h2-3,6-7H,4-5H2,1H3. The van der Waals surface area contributed by atoms with Crippen molar-refractivity contribution in [2.45, 2.75) is 13.3 Å². The van der Waals surface area contributed by atoms with E-state index in [4.69, 9.17) is 4.74 Å². The Hall–Kier alpha value is -1.42. The maximum absolute atomic E-state index is 5.49. The minimum Gasteiger partial charge on any atom is -0.493 e. The van der Waals surface area contributed by atoms with E-state index in [1.54, 1.807) is 0 Å². The molecule has 2 aromatic rings. The molecule has 0 bridgehead atoms. The van der Waals surface area contributed by atoms with Crippen LogP contribution in [0.25, 0.3) is 11.4 Å². The van der Waals surface area contributed by atoms with Crippen molar-refractivity contribution in [2.24, 2.45) is 0 Å². The van der Waals surface area contributed by atoms with Crippen LogP contribution in [-0.4, -0.2) is 16.6 Å². The van der Waals surface area contributed by atoms with Crippen LogP contribution in [0.1, 0.15) is 11.3 Å². The molecule has 0 radical (unpaired) electrons. The third-order valence-corrected chi connectivity index (χ3v) is 3.18. The first-order valence-electron chi connectivity index (χ1n) is 5.50. The molecule has 0 saturated heterocycles. The third-order valence-electron chi connectivity index (χ3n) is 2.77. The number of halogens is 1. The second-order valence-corrected chi connectivity index (χ2v) is 4.89. The molecule has 4 heteroatoms. The highest BCUT2D eigenvalue weighted by molar-refractivity contribution is 9.10. The molecule has 0 aliphatic carbocycles. The van der Waals surface area contributed by atoms with Crippen LogP contribution in [0.15, 0.2) is 28.9 Å². The molecule has 0 spiro atoms. The highest BCUT2D eigenvalue weighted by Crippen LogP contribution is 2.29. The zero-order valence-corrected chi connectivity index (χ0v) is 11.0. The van der Waals surface area contributed by atoms with E-state index in [0.29, 0.717) is 0 Å². The van der Waals surface area contributed by atoms with Crippen molar-refractivity contribution < 1.29 is 4.74 Å². The lowest BCUT2D eigenvalue weighted by molar-refractivity contribution is 0.357. The van der Waals surface area contributed by atoms with Crippen molar-refractivity contribution in [3.8, 4) is 17.1 Å². The monoisotopic (exact) mass is 290 g/mol. The molecule has 0 saturated carbocycles. The van der Waals surface area contributed by atoms with E-state index in [1.807, 2.05) is 25.1 Å². The lowest BCUT2D eigenvalue weighted by atomic mass is 10.1. The molecule has 17 heavy (non-hydrogen) atoms. The number of hydrogen-bond acceptors (Lipinski definition) is 3. The van der Waals surface area contributed by atoms with Crippen LogP contribution >= 0.6 is 15.9 Å². The van der Waals surface area contributed by atoms with Crippen LogP contribution in [0.5, 0.6) is 5.75 Å². The number of aryl methyl sites for hydroxylation is 1. The van der Waals surface area contributed by atoms with Crippen LogP contribution in [0.2, 0.25) is 0 Å². The van der Waals surface area contributed by atoms with Gasteiger partial charge in [-0.05, 0) is 52.7 Å². The fourth-order valence-corrected chi connectivity index (χ4v) is 2.48. The first kappa shape index (κ1) is 10.7. The molecule has 0 atom stereocenters. The van der Waals surface area contributed by atoms with E-state index in [1.165, 1.54) is 5.56 Å². The second kappa shape index (κ2) is 4.11. The van der Waals surface area contributed by atoms with Gasteiger partial charge in [0, 0.05) is 17.7 Å². The van der Waals surface area contributed by atoms with Crippen molar-refractivity contribution in [1.29, 1.82) is 0 Å². The smallest absolute Gasteiger partial charge is 0.160 e. The summed E-state index contributed by atoms with van der Waals surface area (Å²) in [6.07, 6.45) is 0.968. The normalized spacial score (nSPS) is 13.3. The number of ether oxygens (including phenoxy) is 1. The molecule has 1 aliphatic rings. The molecule has 1 aliphatic heterocycles. The van der Waals surface area contributed by atoms with Gasteiger partial charge in [0.25, 0.3) is 0 Å². The van der Waals surface area contributed by atoms with E-state index >= 15 is 0 Å². The van der Waals surface area contributed by atoms with Gasteiger partial charge in [0.05, 0.1) is 6.61 Å². The molecule has 3 nitrogen and oxygen atoms in total. The summed E-state index contributed by atoms with van der Waals surface area (Å²) >= 11 is 3.40. The first-order valence-corrected chi connectivity index (χ1v) is 6.29. The van der Waals surface area contributed by atoms with Crippen molar-refractivity contribution >= 4 is 15.9 Å². The molecular weight excluding hydrogens is 280 g/mol. The van der Waals surface area contributed by atoms with Gasteiger partial charge in [-0.1, -0.05) is 0 Å². The summed E-state index contributed by atoms with van der Waals surface area (Å²) in [6.45, 7) is 2.74. The third kappa shape index (κ3) is 2.05. The van der Waals surface area contributed by atoms with E-state index in [2.05, 4.69) is 32.0 Å². The number of nitrogens with zero attached hydrogens (tertiary/aromatic N) is 2. The minimum atomic E-state index is 0.756.